The molecular formula is C17H16N2O4S2. The van der Waals surface area contributed by atoms with Crippen LogP contribution in [-0.2, 0) is 20.7 Å². The molecule has 0 aliphatic rings. The predicted octanol–water partition coefficient (Wildman–Crippen LogP) is 3.48. The van der Waals surface area contributed by atoms with Crippen LogP contribution in [0.4, 0.5) is 5.13 Å². The zero-order valence-corrected chi connectivity index (χ0v) is 15.1. The normalized spacial score (nSPS) is 10.6. The second-order valence-corrected chi connectivity index (χ2v) is 6.91. The van der Waals surface area contributed by atoms with E-state index in [4.69, 9.17) is 9.47 Å². The number of benzene rings is 1. The van der Waals surface area contributed by atoms with Crippen molar-refractivity contribution in [2.75, 3.05) is 18.5 Å². The number of nitrogens with one attached hydrogen (secondary N) is 1. The minimum atomic E-state index is -0.431. The van der Waals surface area contributed by atoms with Crippen LogP contribution in [0.5, 0.6) is 5.75 Å². The Bertz CT molecular complexity index is 874. The van der Waals surface area contributed by atoms with Gasteiger partial charge in [0.15, 0.2) is 11.7 Å². The third-order valence-electron chi connectivity index (χ3n) is 3.21. The highest BCUT2D eigenvalue weighted by Gasteiger charge is 2.12. The molecule has 3 rings (SSSR count). The summed E-state index contributed by atoms with van der Waals surface area (Å²) in [5.41, 5.74) is 1.66. The highest BCUT2D eigenvalue weighted by atomic mass is 32.1. The van der Waals surface area contributed by atoms with Crippen molar-refractivity contribution < 1.29 is 19.1 Å². The number of aromatic nitrogens is 1. The van der Waals surface area contributed by atoms with E-state index in [9.17, 15) is 9.59 Å². The lowest BCUT2D eigenvalue weighted by Crippen LogP contribution is -2.21. The van der Waals surface area contributed by atoms with Crippen LogP contribution >= 0.6 is 22.7 Å². The van der Waals surface area contributed by atoms with Crippen LogP contribution in [0.25, 0.3) is 10.2 Å². The quantitative estimate of drug-likeness (QED) is 0.639. The van der Waals surface area contributed by atoms with Crippen molar-refractivity contribution in [1.82, 2.24) is 4.98 Å². The number of fused-ring (bicyclic) bond motifs is 1. The molecule has 130 valence electrons. The summed E-state index contributed by atoms with van der Waals surface area (Å²) in [6.07, 6.45) is 0.165. The molecule has 8 heteroatoms. The van der Waals surface area contributed by atoms with Crippen molar-refractivity contribution in [2.45, 2.75) is 13.3 Å². The van der Waals surface area contributed by atoms with E-state index in [2.05, 4.69) is 10.3 Å². The van der Waals surface area contributed by atoms with E-state index in [1.165, 1.54) is 22.7 Å². The second-order valence-electron chi connectivity index (χ2n) is 5.10. The summed E-state index contributed by atoms with van der Waals surface area (Å²) >= 11 is 2.85. The molecule has 0 saturated heterocycles. The lowest BCUT2D eigenvalue weighted by Gasteiger charge is -2.03. The molecule has 0 bridgehead atoms. The summed E-state index contributed by atoms with van der Waals surface area (Å²) in [5, 5.41) is 6.87. The standard InChI is InChI=1S/C17H16N2O4S2/c1-2-22-12-3-4-13-14(8-12)25-17(18-13)19-15(20)9-23-16(21)7-11-5-6-24-10-11/h3-6,8,10H,2,7,9H2,1H3,(H,18,19,20). The van der Waals surface area contributed by atoms with Crippen LogP contribution in [0.3, 0.4) is 0 Å². The van der Waals surface area contributed by atoms with Gasteiger partial charge in [-0.05, 0) is 47.5 Å². The first-order valence-electron chi connectivity index (χ1n) is 7.64. The van der Waals surface area contributed by atoms with Crippen LogP contribution < -0.4 is 10.1 Å². The summed E-state index contributed by atoms with van der Waals surface area (Å²) in [4.78, 5) is 27.9. The molecule has 0 fully saturated rings. The molecule has 0 radical (unpaired) electrons. The Morgan fingerprint density at radius 3 is 2.92 bits per heavy atom. The number of esters is 1. The van der Waals surface area contributed by atoms with E-state index in [0.717, 1.165) is 21.5 Å². The number of amides is 1. The molecule has 0 spiro atoms. The van der Waals surface area contributed by atoms with Gasteiger partial charge in [0, 0.05) is 0 Å². The Morgan fingerprint density at radius 1 is 1.28 bits per heavy atom. The molecule has 2 aromatic heterocycles. The first-order chi connectivity index (χ1) is 12.1. The number of thiophene rings is 1. The molecule has 3 aromatic rings. The maximum atomic E-state index is 11.9. The molecule has 0 atom stereocenters. The molecule has 1 aromatic carbocycles. The third kappa shape index (κ3) is 4.77. The Balaban J connectivity index is 1.53. The summed E-state index contributed by atoms with van der Waals surface area (Å²) < 4.78 is 11.3. The second kappa shape index (κ2) is 8.09. The predicted molar refractivity (Wildman–Crippen MR) is 98.4 cm³/mol. The fourth-order valence-corrected chi connectivity index (χ4v) is 3.71. The van der Waals surface area contributed by atoms with E-state index in [1.807, 2.05) is 41.9 Å². The smallest absolute Gasteiger partial charge is 0.310 e. The topological polar surface area (TPSA) is 77.5 Å². The van der Waals surface area contributed by atoms with Crippen molar-refractivity contribution in [3.8, 4) is 5.75 Å². The number of ether oxygens (including phenoxy) is 2. The third-order valence-corrected chi connectivity index (χ3v) is 4.88. The number of thiazole rings is 1. The van der Waals surface area contributed by atoms with Gasteiger partial charge in [-0.2, -0.15) is 11.3 Å². The van der Waals surface area contributed by atoms with Gasteiger partial charge in [0.05, 0.1) is 23.2 Å². The molecule has 0 unspecified atom stereocenters. The van der Waals surface area contributed by atoms with Gasteiger partial charge in [-0.25, -0.2) is 4.98 Å². The fourth-order valence-electron chi connectivity index (χ4n) is 2.13. The van der Waals surface area contributed by atoms with Gasteiger partial charge < -0.3 is 9.47 Å². The highest BCUT2D eigenvalue weighted by Crippen LogP contribution is 2.29. The van der Waals surface area contributed by atoms with E-state index in [1.54, 1.807) is 0 Å². The molecule has 1 amide bonds. The average molecular weight is 376 g/mol. The molecule has 0 saturated carbocycles. The summed E-state index contributed by atoms with van der Waals surface area (Å²) in [5.74, 6) is -0.0825. The van der Waals surface area contributed by atoms with E-state index in [-0.39, 0.29) is 13.0 Å². The number of rotatable bonds is 7. The van der Waals surface area contributed by atoms with Gasteiger partial charge in [0.1, 0.15) is 5.75 Å². The van der Waals surface area contributed by atoms with Gasteiger partial charge in [-0.3, -0.25) is 14.9 Å². The van der Waals surface area contributed by atoms with E-state index in [0.29, 0.717) is 11.7 Å². The zero-order chi connectivity index (χ0) is 17.6. The van der Waals surface area contributed by atoms with Crippen molar-refractivity contribution >= 4 is 49.9 Å². The SMILES string of the molecule is CCOc1ccc2nc(NC(=O)COC(=O)Cc3ccsc3)sc2c1. The van der Waals surface area contributed by atoms with Crippen LogP contribution in [0, 0.1) is 0 Å². The summed E-state index contributed by atoms with van der Waals surface area (Å²) in [6, 6.07) is 7.41. The van der Waals surface area contributed by atoms with Crippen LogP contribution in [-0.4, -0.2) is 30.1 Å². The van der Waals surface area contributed by atoms with Crippen molar-refractivity contribution in [2.24, 2.45) is 0 Å². The van der Waals surface area contributed by atoms with Crippen LogP contribution in [0.2, 0.25) is 0 Å². The zero-order valence-electron chi connectivity index (χ0n) is 13.5. The lowest BCUT2D eigenvalue weighted by molar-refractivity contribution is -0.146. The first-order valence-corrected chi connectivity index (χ1v) is 9.40. The van der Waals surface area contributed by atoms with Crippen molar-refractivity contribution in [3.05, 3.63) is 40.6 Å². The molecule has 0 aliphatic carbocycles. The minimum absolute atomic E-state index is 0.165. The largest absolute Gasteiger partial charge is 0.494 e. The maximum Gasteiger partial charge on any atom is 0.310 e. The Labute approximate surface area is 152 Å². The minimum Gasteiger partial charge on any atom is -0.494 e. The Morgan fingerprint density at radius 2 is 2.16 bits per heavy atom. The first kappa shape index (κ1) is 17.4. The van der Waals surface area contributed by atoms with Gasteiger partial charge >= 0.3 is 5.97 Å². The van der Waals surface area contributed by atoms with Gasteiger partial charge in [-0.15, -0.1) is 0 Å². The average Bonchev–Trinajstić information content (AvgIpc) is 3.22. The van der Waals surface area contributed by atoms with Crippen LogP contribution in [0.15, 0.2) is 35.0 Å². The molecule has 6 nitrogen and oxygen atoms in total. The van der Waals surface area contributed by atoms with Crippen LogP contribution in [0.1, 0.15) is 12.5 Å². The molecule has 0 aliphatic heterocycles. The van der Waals surface area contributed by atoms with Gasteiger partial charge in [0.25, 0.3) is 5.91 Å². The number of carbonyl (C=O) groups is 2. The number of nitrogens with zero attached hydrogens (tertiary/aromatic N) is 1. The molecular weight excluding hydrogens is 360 g/mol. The Hall–Kier alpha value is -2.45. The Kier molecular flexibility index (Phi) is 5.62. The fraction of sp³-hybridized carbons (Fsp3) is 0.235. The maximum absolute atomic E-state index is 11.9. The number of anilines is 1. The van der Waals surface area contributed by atoms with E-state index >= 15 is 0 Å². The number of carbonyl (C=O) groups excluding carboxylic acids is 2. The number of hydrogen-bond acceptors (Lipinski definition) is 7. The molecule has 25 heavy (non-hydrogen) atoms. The van der Waals surface area contributed by atoms with Crippen molar-refractivity contribution in [3.63, 3.8) is 0 Å². The highest BCUT2D eigenvalue weighted by molar-refractivity contribution is 7.22. The number of hydrogen-bond donors (Lipinski definition) is 1. The summed E-state index contributed by atoms with van der Waals surface area (Å²) in [7, 11) is 0. The molecule has 1 N–H and O–H groups in total. The summed E-state index contributed by atoms with van der Waals surface area (Å²) in [6.45, 7) is 2.18. The van der Waals surface area contributed by atoms with Gasteiger partial charge in [0.2, 0.25) is 0 Å². The lowest BCUT2D eigenvalue weighted by atomic mass is 10.2. The molecule has 2 heterocycles. The monoisotopic (exact) mass is 376 g/mol. The van der Waals surface area contributed by atoms with E-state index < -0.39 is 11.9 Å². The van der Waals surface area contributed by atoms with Crippen molar-refractivity contribution in [1.29, 1.82) is 0 Å². The van der Waals surface area contributed by atoms with Gasteiger partial charge in [-0.1, -0.05) is 11.3 Å².